The number of hydrogen-bond donors (Lipinski definition) is 2. The number of rotatable bonds is 3. The lowest BCUT2D eigenvalue weighted by molar-refractivity contribution is 0.00170. The van der Waals surface area contributed by atoms with Crippen LogP contribution in [-0.4, -0.2) is 45.4 Å². The van der Waals surface area contributed by atoms with Crippen molar-refractivity contribution in [3.05, 3.63) is 69.4 Å². The standard InChI is InChI=1S/C26H20F2N6O2/c1-30-25-12-26(27,28)10-15(25)11-34(13-25)24-16(8-14-4-2-3-5-17(14)33-24)19-9-20(35)21-18(32-19)6-7-31-22(21)23(29)36/h1-9,15H,10-13H2,(H2-,29,31,32,35,36)/p+1/t15-,25+/m0/s1. The molecule has 1 aliphatic heterocycles. The Bertz CT molecular complexity index is 1680. The maximum atomic E-state index is 14.2. The van der Waals surface area contributed by atoms with E-state index in [-0.39, 0.29) is 24.0 Å². The molecule has 0 unspecified atom stereocenters. The van der Waals surface area contributed by atoms with Gasteiger partial charge >= 0.3 is 5.54 Å². The number of hydrogen-bond acceptors (Lipinski definition) is 5. The molecule has 1 saturated heterocycles. The zero-order valence-electron chi connectivity index (χ0n) is 19.0. The molecule has 180 valence electrons. The molecule has 4 aromatic rings. The highest BCUT2D eigenvalue weighted by Gasteiger charge is 2.68. The zero-order valence-corrected chi connectivity index (χ0v) is 19.0. The van der Waals surface area contributed by atoms with Gasteiger partial charge in [0.1, 0.15) is 18.1 Å². The monoisotopic (exact) mass is 487 g/mol. The molecular formula is C26H21F2N6O2+. The summed E-state index contributed by atoms with van der Waals surface area (Å²) in [5.41, 5.74) is 6.01. The molecule has 1 aromatic carbocycles. The molecule has 3 aromatic heterocycles. The summed E-state index contributed by atoms with van der Waals surface area (Å²) in [7, 11) is 0. The average Bonchev–Trinajstić information content (AvgIpc) is 3.31. The number of nitrogens with two attached hydrogens (primary N) is 1. The molecule has 2 fully saturated rings. The molecule has 1 amide bonds. The number of nitrogens with one attached hydrogen (secondary N) is 1. The van der Waals surface area contributed by atoms with E-state index in [0.717, 1.165) is 10.9 Å². The Hall–Kier alpha value is -4.39. The first-order valence-electron chi connectivity index (χ1n) is 11.5. The number of carbonyl (C=O) groups excluding carboxylic acids is 1. The molecule has 36 heavy (non-hydrogen) atoms. The van der Waals surface area contributed by atoms with Gasteiger partial charge in [-0.25, -0.2) is 13.8 Å². The molecule has 6 rings (SSSR count). The smallest absolute Gasteiger partial charge is 0.308 e. The Morgan fingerprint density at radius 2 is 2.06 bits per heavy atom. The number of fused-ring (bicyclic) bond motifs is 3. The van der Waals surface area contributed by atoms with E-state index in [2.05, 4.69) is 14.8 Å². The van der Waals surface area contributed by atoms with Crippen molar-refractivity contribution in [3.63, 3.8) is 0 Å². The number of para-hydroxylation sites is 1. The molecule has 1 saturated carbocycles. The second kappa shape index (κ2) is 7.55. The number of primary amides is 1. The van der Waals surface area contributed by atoms with Gasteiger partial charge in [0.15, 0.2) is 5.43 Å². The third kappa shape index (κ3) is 3.31. The Labute approximate surface area is 203 Å². The SMILES string of the molecule is C#[N+][C@]12CN(c3nc4ccccc4cc3-c3cc(=O)c4c(C(N)=O)nccc4[nH]3)C[C@@H]1CC(F)(F)C2. The Morgan fingerprint density at radius 3 is 2.81 bits per heavy atom. The van der Waals surface area contributed by atoms with E-state index in [0.29, 0.717) is 29.1 Å². The second-order valence-electron chi connectivity index (χ2n) is 9.59. The minimum absolute atomic E-state index is 0.0999. The number of aromatic amines is 1. The minimum atomic E-state index is -2.81. The third-order valence-corrected chi connectivity index (χ3v) is 7.30. The van der Waals surface area contributed by atoms with Gasteiger partial charge in [-0.05, 0) is 18.2 Å². The first-order chi connectivity index (χ1) is 17.2. The summed E-state index contributed by atoms with van der Waals surface area (Å²) < 4.78 is 28.5. The summed E-state index contributed by atoms with van der Waals surface area (Å²) in [4.78, 5) is 42.8. The first-order valence-corrected chi connectivity index (χ1v) is 11.5. The van der Waals surface area contributed by atoms with Crippen molar-refractivity contribution >= 4 is 33.5 Å². The highest BCUT2D eigenvalue weighted by atomic mass is 19.3. The lowest BCUT2D eigenvalue weighted by atomic mass is 9.92. The highest BCUT2D eigenvalue weighted by molar-refractivity contribution is 6.04. The van der Waals surface area contributed by atoms with Gasteiger partial charge in [-0.1, -0.05) is 23.0 Å². The third-order valence-electron chi connectivity index (χ3n) is 7.30. The highest BCUT2D eigenvalue weighted by Crippen LogP contribution is 2.53. The molecule has 0 radical (unpaired) electrons. The van der Waals surface area contributed by atoms with Gasteiger partial charge in [0.05, 0.1) is 34.5 Å². The Kier molecular flexibility index (Phi) is 4.64. The van der Waals surface area contributed by atoms with Crippen LogP contribution in [0.15, 0.2) is 53.5 Å². The first kappa shape index (κ1) is 22.1. The van der Waals surface area contributed by atoms with Crippen molar-refractivity contribution in [2.24, 2.45) is 11.7 Å². The number of amides is 1. The number of pyridine rings is 3. The minimum Gasteiger partial charge on any atom is -0.364 e. The number of carbonyl (C=O) groups is 1. The van der Waals surface area contributed by atoms with Crippen molar-refractivity contribution in [1.29, 1.82) is 0 Å². The van der Waals surface area contributed by atoms with E-state index in [1.54, 1.807) is 6.07 Å². The summed E-state index contributed by atoms with van der Waals surface area (Å²) in [5, 5.41) is 0.941. The Balaban J connectivity index is 1.54. The van der Waals surface area contributed by atoms with E-state index < -0.39 is 35.1 Å². The quantitative estimate of drug-likeness (QED) is 0.457. The lowest BCUT2D eigenvalue weighted by Crippen LogP contribution is -2.33. The molecule has 1 aliphatic carbocycles. The van der Waals surface area contributed by atoms with E-state index in [4.69, 9.17) is 17.3 Å². The summed E-state index contributed by atoms with van der Waals surface area (Å²) >= 11 is 0. The zero-order chi connectivity index (χ0) is 25.2. The fourth-order valence-corrected chi connectivity index (χ4v) is 5.73. The predicted molar refractivity (Wildman–Crippen MR) is 133 cm³/mol. The number of H-pyrrole nitrogens is 1. The van der Waals surface area contributed by atoms with Crippen LogP contribution < -0.4 is 16.1 Å². The number of anilines is 1. The van der Waals surface area contributed by atoms with E-state index in [1.165, 1.54) is 12.3 Å². The maximum absolute atomic E-state index is 14.2. The van der Waals surface area contributed by atoms with E-state index in [1.807, 2.05) is 35.2 Å². The van der Waals surface area contributed by atoms with E-state index in [9.17, 15) is 18.4 Å². The summed E-state index contributed by atoms with van der Waals surface area (Å²) in [5.74, 6) is -3.50. The summed E-state index contributed by atoms with van der Waals surface area (Å²) in [6.45, 7) is 6.18. The maximum Gasteiger partial charge on any atom is 0.308 e. The van der Waals surface area contributed by atoms with Crippen LogP contribution in [0, 0.1) is 12.5 Å². The van der Waals surface area contributed by atoms with Crippen molar-refractivity contribution in [2.45, 2.75) is 24.3 Å². The van der Waals surface area contributed by atoms with Crippen molar-refractivity contribution in [3.8, 4) is 17.8 Å². The second-order valence-corrected chi connectivity index (χ2v) is 9.59. The van der Waals surface area contributed by atoms with Crippen LogP contribution in [0.4, 0.5) is 14.6 Å². The lowest BCUT2D eigenvalue weighted by Gasteiger charge is -2.23. The van der Waals surface area contributed by atoms with Crippen molar-refractivity contribution in [2.75, 3.05) is 18.0 Å². The molecule has 8 nitrogen and oxygen atoms in total. The van der Waals surface area contributed by atoms with Crippen LogP contribution in [0.3, 0.4) is 0 Å². The van der Waals surface area contributed by atoms with E-state index >= 15 is 0 Å². The van der Waals surface area contributed by atoms with Crippen LogP contribution >= 0.6 is 0 Å². The molecule has 0 spiro atoms. The summed E-state index contributed by atoms with van der Waals surface area (Å²) in [6, 6.07) is 12.4. The molecule has 2 atom stereocenters. The molecule has 10 heteroatoms. The van der Waals surface area contributed by atoms with Crippen LogP contribution in [0.5, 0.6) is 0 Å². The van der Waals surface area contributed by atoms with Gasteiger partial charge in [-0.3, -0.25) is 14.6 Å². The van der Waals surface area contributed by atoms with Gasteiger partial charge in [-0.2, -0.15) is 0 Å². The predicted octanol–water partition coefficient (Wildman–Crippen LogP) is 3.80. The van der Waals surface area contributed by atoms with Gasteiger partial charge in [0.25, 0.3) is 18.4 Å². The molecule has 3 N–H and O–H groups in total. The molecule has 2 aliphatic rings. The average molecular weight is 487 g/mol. The van der Waals surface area contributed by atoms with Gasteiger partial charge in [0, 0.05) is 36.2 Å². The van der Waals surface area contributed by atoms with Crippen LogP contribution in [-0.2, 0) is 0 Å². The molecular weight excluding hydrogens is 466 g/mol. The fraction of sp³-hybridized carbons (Fsp3) is 0.269. The van der Waals surface area contributed by atoms with Crippen molar-refractivity contribution < 1.29 is 13.6 Å². The van der Waals surface area contributed by atoms with Crippen LogP contribution in [0.2, 0.25) is 0 Å². The number of aromatic nitrogens is 3. The van der Waals surface area contributed by atoms with Gasteiger partial charge in [0.2, 0.25) is 0 Å². The largest absolute Gasteiger partial charge is 0.364 e. The number of alkyl halides is 2. The van der Waals surface area contributed by atoms with Gasteiger partial charge < -0.3 is 15.6 Å². The topological polar surface area (TPSA) is 109 Å². The number of benzene rings is 1. The fourth-order valence-electron chi connectivity index (χ4n) is 5.73. The summed E-state index contributed by atoms with van der Waals surface area (Å²) in [6.07, 6.45) is 0.704. The Morgan fingerprint density at radius 1 is 1.25 bits per heavy atom. The normalized spacial score (nSPS) is 22.6. The molecule has 4 heterocycles. The number of halogens is 2. The van der Waals surface area contributed by atoms with Crippen LogP contribution in [0.1, 0.15) is 23.3 Å². The number of nitrogens with zero attached hydrogens (tertiary/aromatic N) is 4. The van der Waals surface area contributed by atoms with Crippen LogP contribution in [0.25, 0.3) is 37.9 Å². The van der Waals surface area contributed by atoms with Crippen molar-refractivity contribution in [1.82, 2.24) is 15.0 Å². The molecule has 0 bridgehead atoms. The van der Waals surface area contributed by atoms with Gasteiger partial charge in [-0.15, -0.1) is 0 Å².